The number of alkyl halides is 3. The van der Waals surface area contributed by atoms with Crippen LogP contribution >= 0.6 is 0 Å². The van der Waals surface area contributed by atoms with Crippen molar-refractivity contribution in [2.75, 3.05) is 11.9 Å². The number of carboxylic acids is 1. The fourth-order valence-electron chi connectivity index (χ4n) is 3.14. The van der Waals surface area contributed by atoms with E-state index in [2.05, 4.69) is 17.3 Å². The van der Waals surface area contributed by atoms with Gasteiger partial charge in [-0.15, -0.1) is 0 Å². The third kappa shape index (κ3) is 6.26. The van der Waals surface area contributed by atoms with Crippen LogP contribution in [0, 0.1) is 0 Å². The lowest BCUT2D eigenvalue weighted by Gasteiger charge is -2.20. The number of nitrogens with zero attached hydrogens (tertiary/aromatic N) is 2. The van der Waals surface area contributed by atoms with E-state index < -0.39 is 17.7 Å². The van der Waals surface area contributed by atoms with Gasteiger partial charge >= 0.3 is 12.1 Å². The summed E-state index contributed by atoms with van der Waals surface area (Å²) in [6.45, 7) is 2.40. The minimum atomic E-state index is -4.43. The molecule has 170 valence electrons. The third-order valence-corrected chi connectivity index (χ3v) is 4.79. The fraction of sp³-hybridized carbons (Fsp3) is 0.304. The van der Waals surface area contributed by atoms with Crippen LogP contribution in [0.5, 0.6) is 5.75 Å². The first-order valence-electron chi connectivity index (χ1n) is 10.2. The molecule has 0 radical (unpaired) electrons. The zero-order chi connectivity index (χ0) is 23.1. The zero-order valence-electron chi connectivity index (χ0n) is 17.5. The van der Waals surface area contributed by atoms with E-state index in [1.54, 1.807) is 24.3 Å². The van der Waals surface area contributed by atoms with E-state index in [0.717, 1.165) is 36.5 Å². The first kappa shape index (κ1) is 23.2. The number of benzene rings is 2. The summed E-state index contributed by atoms with van der Waals surface area (Å²) in [5, 5.41) is 15.5. The molecular formula is C23H24F3N3O3. The molecule has 2 aromatic carbocycles. The summed E-state index contributed by atoms with van der Waals surface area (Å²) in [7, 11) is 0. The van der Waals surface area contributed by atoms with Gasteiger partial charge < -0.3 is 15.2 Å². The molecule has 3 aromatic rings. The van der Waals surface area contributed by atoms with Gasteiger partial charge in [-0.2, -0.15) is 18.3 Å². The highest BCUT2D eigenvalue weighted by atomic mass is 19.4. The first-order chi connectivity index (χ1) is 15.3. The maximum atomic E-state index is 12.8. The van der Waals surface area contributed by atoms with Gasteiger partial charge in [-0.3, -0.25) is 4.79 Å². The van der Waals surface area contributed by atoms with Crippen LogP contribution in [-0.2, 0) is 11.0 Å². The van der Waals surface area contributed by atoms with Gasteiger partial charge in [-0.1, -0.05) is 25.5 Å². The Morgan fingerprint density at radius 1 is 1.16 bits per heavy atom. The Morgan fingerprint density at radius 2 is 1.84 bits per heavy atom. The number of anilines is 1. The second kappa shape index (κ2) is 10.2. The van der Waals surface area contributed by atoms with Crippen molar-refractivity contribution >= 4 is 11.7 Å². The van der Waals surface area contributed by atoms with E-state index in [4.69, 9.17) is 9.84 Å². The predicted molar refractivity (Wildman–Crippen MR) is 114 cm³/mol. The molecule has 1 atom stereocenters. The van der Waals surface area contributed by atoms with Crippen LogP contribution in [-0.4, -0.2) is 27.4 Å². The lowest BCUT2D eigenvalue weighted by molar-refractivity contribution is -0.138. The van der Waals surface area contributed by atoms with Crippen molar-refractivity contribution in [1.29, 1.82) is 0 Å². The Hall–Kier alpha value is -3.49. The number of halogens is 3. The largest absolute Gasteiger partial charge is 0.486 e. The van der Waals surface area contributed by atoms with Crippen molar-refractivity contribution in [3.05, 3.63) is 72.1 Å². The molecular weight excluding hydrogens is 423 g/mol. The molecule has 3 rings (SSSR count). The van der Waals surface area contributed by atoms with E-state index in [1.807, 2.05) is 24.3 Å². The van der Waals surface area contributed by atoms with Gasteiger partial charge in [-0.05, 0) is 48.4 Å². The quantitative estimate of drug-likeness (QED) is 0.417. The first-order valence-corrected chi connectivity index (χ1v) is 10.2. The smallest absolute Gasteiger partial charge is 0.419 e. The lowest BCUT2D eigenvalue weighted by Crippen LogP contribution is -2.09. The number of hydrogen-bond donors (Lipinski definition) is 2. The summed E-state index contributed by atoms with van der Waals surface area (Å²) in [4.78, 5) is 10.6. The number of carboxylic acid groups (broad SMARTS) is 1. The highest BCUT2D eigenvalue weighted by molar-refractivity contribution is 5.67. The fourth-order valence-corrected chi connectivity index (χ4v) is 3.14. The molecule has 0 bridgehead atoms. The summed E-state index contributed by atoms with van der Waals surface area (Å²) in [6.07, 6.45) is -1.17. The van der Waals surface area contributed by atoms with Crippen molar-refractivity contribution in [2.45, 2.75) is 38.5 Å². The van der Waals surface area contributed by atoms with E-state index >= 15 is 0 Å². The second-order valence-corrected chi connectivity index (χ2v) is 7.25. The van der Waals surface area contributed by atoms with Crippen LogP contribution in [0.2, 0.25) is 0 Å². The number of carbonyl (C=O) groups is 1. The van der Waals surface area contributed by atoms with Crippen LogP contribution in [0.3, 0.4) is 0 Å². The van der Waals surface area contributed by atoms with Crippen LogP contribution in [0.1, 0.15) is 43.4 Å². The Kier molecular flexibility index (Phi) is 7.40. The molecule has 0 aliphatic rings. The summed E-state index contributed by atoms with van der Waals surface area (Å²) < 4.78 is 45.6. The predicted octanol–water partition coefficient (Wildman–Crippen LogP) is 5.70. The summed E-state index contributed by atoms with van der Waals surface area (Å²) in [5.74, 6) is -0.260. The van der Waals surface area contributed by atoms with Crippen LogP contribution in [0.15, 0.2) is 60.9 Å². The summed E-state index contributed by atoms with van der Waals surface area (Å²) in [6, 6.07) is 14.3. The Labute approximate surface area is 183 Å². The van der Waals surface area contributed by atoms with Gasteiger partial charge in [0.1, 0.15) is 11.9 Å². The van der Waals surface area contributed by atoms with Gasteiger partial charge in [0.2, 0.25) is 0 Å². The molecule has 9 heteroatoms. The Morgan fingerprint density at radius 3 is 2.41 bits per heavy atom. The zero-order valence-corrected chi connectivity index (χ0v) is 17.5. The minimum absolute atomic E-state index is 0.0371. The van der Waals surface area contributed by atoms with Crippen molar-refractivity contribution < 1.29 is 27.8 Å². The molecule has 1 aromatic heterocycles. The number of hydrogen-bond acceptors (Lipinski definition) is 4. The minimum Gasteiger partial charge on any atom is -0.486 e. The van der Waals surface area contributed by atoms with Gasteiger partial charge in [0, 0.05) is 18.4 Å². The van der Waals surface area contributed by atoms with E-state index in [9.17, 15) is 18.0 Å². The normalized spacial score (nSPS) is 12.4. The van der Waals surface area contributed by atoms with Crippen molar-refractivity contribution in [2.24, 2.45) is 0 Å². The maximum Gasteiger partial charge on any atom is 0.419 e. The molecule has 0 saturated heterocycles. The maximum absolute atomic E-state index is 12.8. The van der Waals surface area contributed by atoms with Crippen molar-refractivity contribution in [1.82, 2.24) is 9.78 Å². The van der Waals surface area contributed by atoms with Gasteiger partial charge in [0.05, 0.1) is 23.9 Å². The summed E-state index contributed by atoms with van der Waals surface area (Å²) >= 11 is 0. The third-order valence-electron chi connectivity index (χ3n) is 4.79. The van der Waals surface area contributed by atoms with Gasteiger partial charge in [0.25, 0.3) is 0 Å². The van der Waals surface area contributed by atoms with Gasteiger partial charge in [0.15, 0.2) is 0 Å². The molecule has 2 N–H and O–H groups in total. The number of aliphatic carboxylic acids is 1. The molecule has 1 unspecified atom stereocenters. The average molecular weight is 447 g/mol. The Balaban J connectivity index is 1.67. The van der Waals surface area contributed by atoms with E-state index in [1.165, 1.54) is 4.68 Å². The number of ether oxygens (including phenoxy) is 1. The average Bonchev–Trinajstić information content (AvgIpc) is 3.25. The highest BCUT2D eigenvalue weighted by Crippen LogP contribution is 2.30. The molecule has 0 aliphatic carbocycles. The topological polar surface area (TPSA) is 76.4 Å². The molecule has 0 amide bonds. The van der Waals surface area contributed by atoms with E-state index in [-0.39, 0.29) is 12.5 Å². The van der Waals surface area contributed by atoms with E-state index in [0.29, 0.717) is 18.0 Å². The molecule has 0 aliphatic heterocycles. The number of aromatic nitrogens is 2. The van der Waals surface area contributed by atoms with Crippen LogP contribution < -0.4 is 10.1 Å². The number of nitrogens with one attached hydrogen (secondary N) is 1. The lowest BCUT2D eigenvalue weighted by atomic mass is 10.0. The second-order valence-electron chi connectivity index (χ2n) is 7.25. The highest BCUT2D eigenvalue weighted by Gasteiger charge is 2.32. The molecule has 0 spiro atoms. The molecule has 0 fully saturated rings. The van der Waals surface area contributed by atoms with Crippen LogP contribution in [0.25, 0.3) is 5.69 Å². The van der Waals surface area contributed by atoms with Crippen LogP contribution in [0.4, 0.5) is 18.9 Å². The van der Waals surface area contributed by atoms with Crippen molar-refractivity contribution in [3.63, 3.8) is 0 Å². The SMILES string of the molecule is CCCC(Oc1ccc(-n2cc(C(F)(F)F)cn2)cc1)c1ccc(NCCC(=O)O)cc1. The number of rotatable bonds is 10. The standard InChI is InChI=1S/C23H24F3N3O3/c1-2-3-21(16-4-6-18(7-5-16)27-13-12-22(30)31)32-20-10-8-19(9-11-20)29-15-17(14-28-29)23(24,25)26/h4-11,14-15,21,27H,2-3,12-13H2,1H3,(H,30,31). The van der Waals surface area contributed by atoms with Gasteiger partial charge in [-0.25, -0.2) is 4.68 Å². The summed E-state index contributed by atoms with van der Waals surface area (Å²) in [5.41, 5.74) is 1.49. The Bertz CT molecular complexity index is 1020. The molecule has 0 saturated carbocycles. The van der Waals surface area contributed by atoms with Crippen molar-refractivity contribution in [3.8, 4) is 11.4 Å². The molecule has 32 heavy (non-hydrogen) atoms. The monoisotopic (exact) mass is 447 g/mol. The molecule has 1 heterocycles. The molecule has 6 nitrogen and oxygen atoms in total.